The lowest BCUT2D eigenvalue weighted by atomic mass is 9.97. The molecule has 0 aromatic heterocycles. The van der Waals surface area contributed by atoms with E-state index in [1.807, 2.05) is 26.0 Å². The molecule has 0 saturated heterocycles. The van der Waals surface area contributed by atoms with Crippen molar-refractivity contribution in [1.82, 2.24) is 0 Å². The first-order valence-electron chi connectivity index (χ1n) is 13.2. The highest BCUT2D eigenvalue weighted by molar-refractivity contribution is 5.94. The minimum absolute atomic E-state index is 0.0682. The van der Waals surface area contributed by atoms with Crippen LogP contribution in [0.1, 0.15) is 90.2 Å². The first-order valence-corrected chi connectivity index (χ1v) is 13.2. The van der Waals surface area contributed by atoms with Gasteiger partial charge in [0.05, 0.1) is 0 Å². The summed E-state index contributed by atoms with van der Waals surface area (Å²) in [6.45, 7) is 12.6. The van der Waals surface area contributed by atoms with E-state index < -0.39 is 0 Å². The van der Waals surface area contributed by atoms with Crippen LogP contribution in [0.4, 0.5) is 11.4 Å². The first-order chi connectivity index (χ1) is 16.3. The van der Waals surface area contributed by atoms with Crippen LogP contribution in [-0.2, 0) is 9.59 Å². The van der Waals surface area contributed by atoms with Crippen LogP contribution in [-0.4, -0.2) is 11.8 Å². The van der Waals surface area contributed by atoms with Gasteiger partial charge < -0.3 is 10.6 Å². The summed E-state index contributed by atoms with van der Waals surface area (Å²) in [5.41, 5.74) is 6.05. The van der Waals surface area contributed by atoms with E-state index >= 15 is 0 Å². The SMILES string of the molecule is CCCC[C@H](CC)C(=O)Nc1ccc(-c2ccc(NC(=O)[C@@H](CC)CCCC)c(C)c2)cc1C. The van der Waals surface area contributed by atoms with Gasteiger partial charge in [-0.25, -0.2) is 0 Å². The van der Waals surface area contributed by atoms with Crippen molar-refractivity contribution in [2.45, 2.75) is 92.9 Å². The van der Waals surface area contributed by atoms with E-state index in [1.54, 1.807) is 0 Å². The van der Waals surface area contributed by atoms with E-state index in [4.69, 9.17) is 0 Å². The monoisotopic (exact) mass is 464 g/mol. The zero-order valence-electron chi connectivity index (χ0n) is 22.1. The predicted molar refractivity (Wildman–Crippen MR) is 145 cm³/mol. The number of amides is 2. The van der Waals surface area contributed by atoms with Crippen molar-refractivity contribution in [1.29, 1.82) is 0 Å². The minimum Gasteiger partial charge on any atom is -0.326 e. The maximum absolute atomic E-state index is 12.7. The zero-order chi connectivity index (χ0) is 25.1. The van der Waals surface area contributed by atoms with Crippen molar-refractivity contribution in [2.24, 2.45) is 11.8 Å². The number of hydrogen-bond donors (Lipinski definition) is 2. The molecule has 0 radical (unpaired) electrons. The summed E-state index contributed by atoms with van der Waals surface area (Å²) < 4.78 is 0. The number of nitrogens with one attached hydrogen (secondary N) is 2. The highest BCUT2D eigenvalue weighted by Gasteiger charge is 2.18. The normalized spacial score (nSPS) is 12.8. The summed E-state index contributed by atoms with van der Waals surface area (Å²) in [4.78, 5) is 25.4. The zero-order valence-corrected chi connectivity index (χ0v) is 22.1. The molecule has 186 valence electrons. The quantitative estimate of drug-likeness (QED) is 0.313. The summed E-state index contributed by atoms with van der Waals surface area (Å²) >= 11 is 0. The summed E-state index contributed by atoms with van der Waals surface area (Å²) in [6.07, 6.45) is 7.99. The fraction of sp³-hybridized carbons (Fsp3) is 0.533. The number of carbonyl (C=O) groups excluding carboxylic acids is 2. The van der Waals surface area contributed by atoms with Crippen molar-refractivity contribution in [3.05, 3.63) is 47.5 Å². The van der Waals surface area contributed by atoms with Gasteiger partial charge in [0.1, 0.15) is 0 Å². The Morgan fingerprint density at radius 2 is 1.06 bits per heavy atom. The summed E-state index contributed by atoms with van der Waals surface area (Å²) in [5.74, 6) is 0.372. The van der Waals surface area contributed by atoms with Gasteiger partial charge in [0.25, 0.3) is 0 Å². The molecular formula is C30H44N2O2. The third-order valence-corrected chi connectivity index (χ3v) is 6.84. The lowest BCUT2D eigenvalue weighted by Crippen LogP contribution is -2.22. The van der Waals surface area contributed by atoms with Crippen molar-refractivity contribution >= 4 is 23.2 Å². The van der Waals surface area contributed by atoms with E-state index in [1.165, 1.54) is 0 Å². The van der Waals surface area contributed by atoms with E-state index in [2.05, 4.69) is 62.6 Å². The Balaban J connectivity index is 2.12. The molecule has 2 rings (SSSR count). The molecule has 0 bridgehead atoms. The highest BCUT2D eigenvalue weighted by atomic mass is 16.2. The Kier molecular flexibility index (Phi) is 11.3. The van der Waals surface area contributed by atoms with Gasteiger partial charge in [-0.05, 0) is 86.1 Å². The third kappa shape index (κ3) is 7.72. The van der Waals surface area contributed by atoms with Crippen LogP contribution in [0, 0.1) is 25.7 Å². The Morgan fingerprint density at radius 1 is 0.676 bits per heavy atom. The molecule has 4 heteroatoms. The number of benzene rings is 2. The second-order valence-electron chi connectivity index (χ2n) is 9.53. The maximum Gasteiger partial charge on any atom is 0.227 e. The number of carbonyl (C=O) groups is 2. The number of hydrogen-bond acceptors (Lipinski definition) is 2. The van der Waals surface area contributed by atoms with Gasteiger partial charge in [0.15, 0.2) is 0 Å². The number of rotatable bonds is 13. The lowest BCUT2D eigenvalue weighted by Gasteiger charge is -2.17. The largest absolute Gasteiger partial charge is 0.326 e. The van der Waals surface area contributed by atoms with Crippen molar-refractivity contribution < 1.29 is 9.59 Å². The Hall–Kier alpha value is -2.62. The molecule has 0 heterocycles. The maximum atomic E-state index is 12.7. The Morgan fingerprint density at radius 3 is 1.35 bits per heavy atom. The minimum atomic E-state index is 0.0682. The molecule has 4 nitrogen and oxygen atoms in total. The molecule has 0 spiro atoms. The fourth-order valence-corrected chi connectivity index (χ4v) is 4.38. The lowest BCUT2D eigenvalue weighted by molar-refractivity contribution is -0.121. The second-order valence-corrected chi connectivity index (χ2v) is 9.53. The average Bonchev–Trinajstić information content (AvgIpc) is 2.82. The molecule has 34 heavy (non-hydrogen) atoms. The number of anilines is 2. The standard InChI is InChI=1S/C30H44N2O2/c1-7-11-13-23(9-3)29(33)31-27-17-15-25(19-21(27)5)26-16-18-28(22(6)20-26)32-30(34)24(10-4)14-12-8-2/h15-20,23-24H,7-14H2,1-6H3,(H,31,33)(H,32,34)/t23-,24-/m0/s1. The van der Waals surface area contributed by atoms with Gasteiger partial charge in [-0.2, -0.15) is 0 Å². The van der Waals surface area contributed by atoms with Crippen LogP contribution in [0.25, 0.3) is 11.1 Å². The molecule has 2 amide bonds. The summed E-state index contributed by atoms with van der Waals surface area (Å²) in [5, 5.41) is 6.27. The van der Waals surface area contributed by atoms with Gasteiger partial charge >= 0.3 is 0 Å². The van der Waals surface area contributed by atoms with Gasteiger partial charge in [-0.1, -0.05) is 65.5 Å². The van der Waals surface area contributed by atoms with E-state index in [0.29, 0.717) is 0 Å². The molecule has 0 aliphatic carbocycles. The molecule has 2 aromatic rings. The number of aryl methyl sites for hydroxylation is 2. The van der Waals surface area contributed by atoms with Crippen LogP contribution in [0.3, 0.4) is 0 Å². The molecule has 0 saturated carbocycles. The molecule has 0 aliphatic rings. The second kappa shape index (κ2) is 13.9. The molecule has 2 aromatic carbocycles. The van der Waals surface area contributed by atoms with Crippen LogP contribution in [0.5, 0.6) is 0 Å². The van der Waals surface area contributed by atoms with E-state index in [9.17, 15) is 9.59 Å². The van der Waals surface area contributed by atoms with E-state index in [0.717, 1.165) is 85.0 Å². The van der Waals surface area contributed by atoms with Crippen LogP contribution in [0.15, 0.2) is 36.4 Å². The molecular weight excluding hydrogens is 420 g/mol. The van der Waals surface area contributed by atoms with Gasteiger partial charge in [0.2, 0.25) is 11.8 Å². The topological polar surface area (TPSA) is 58.2 Å². The summed E-state index contributed by atoms with van der Waals surface area (Å²) in [6, 6.07) is 12.3. The molecule has 0 fully saturated rings. The third-order valence-electron chi connectivity index (χ3n) is 6.84. The van der Waals surface area contributed by atoms with Crippen molar-refractivity contribution in [3.63, 3.8) is 0 Å². The molecule has 2 atom stereocenters. The smallest absolute Gasteiger partial charge is 0.227 e. The van der Waals surface area contributed by atoms with Crippen molar-refractivity contribution in [2.75, 3.05) is 10.6 Å². The van der Waals surface area contributed by atoms with Gasteiger partial charge in [-0.15, -0.1) is 0 Å². The van der Waals surface area contributed by atoms with Gasteiger partial charge in [0, 0.05) is 23.2 Å². The highest BCUT2D eigenvalue weighted by Crippen LogP contribution is 2.29. The molecule has 2 N–H and O–H groups in total. The first kappa shape index (κ1) is 27.6. The average molecular weight is 465 g/mol. The van der Waals surface area contributed by atoms with Crippen LogP contribution < -0.4 is 10.6 Å². The predicted octanol–water partition coefficient (Wildman–Crippen LogP) is 8.28. The van der Waals surface area contributed by atoms with Crippen molar-refractivity contribution in [3.8, 4) is 11.1 Å². The number of unbranched alkanes of at least 4 members (excludes halogenated alkanes) is 2. The molecule has 0 unspecified atom stereocenters. The molecule has 0 aliphatic heterocycles. The Bertz CT molecular complexity index is 873. The summed E-state index contributed by atoms with van der Waals surface area (Å²) in [7, 11) is 0. The van der Waals surface area contributed by atoms with Crippen LogP contribution in [0.2, 0.25) is 0 Å². The fourth-order valence-electron chi connectivity index (χ4n) is 4.38. The van der Waals surface area contributed by atoms with E-state index in [-0.39, 0.29) is 23.7 Å². The Labute approximate surface area is 206 Å². The van der Waals surface area contributed by atoms with Gasteiger partial charge in [-0.3, -0.25) is 9.59 Å². The van der Waals surface area contributed by atoms with Crippen LogP contribution >= 0.6 is 0 Å².